The van der Waals surface area contributed by atoms with Gasteiger partial charge in [-0.3, -0.25) is 4.79 Å². The van der Waals surface area contributed by atoms with Gasteiger partial charge < -0.3 is 5.32 Å². The van der Waals surface area contributed by atoms with Gasteiger partial charge in [-0.15, -0.1) is 0 Å². The molecule has 0 atom stereocenters. The molecule has 1 aromatic heterocycles. The van der Waals surface area contributed by atoms with Crippen LogP contribution in [0.25, 0.3) is 22.2 Å². The molecule has 0 aliphatic carbocycles. The van der Waals surface area contributed by atoms with Crippen LogP contribution in [0, 0.1) is 0 Å². The molecule has 1 amide bonds. The van der Waals surface area contributed by atoms with Crippen molar-refractivity contribution in [2.45, 2.75) is 0 Å². The summed E-state index contributed by atoms with van der Waals surface area (Å²) in [5, 5.41) is 5.07. The molecule has 3 nitrogen and oxygen atoms in total. The van der Waals surface area contributed by atoms with Crippen molar-refractivity contribution in [1.29, 1.82) is 0 Å². The van der Waals surface area contributed by atoms with E-state index in [-0.39, 0.29) is 5.91 Å². The van der Waals surface area contributed by atoms with Crippen LogP contribution in [0.3, 0.4) is 0 Å². The topological polar surface area (TPSA) is 42.0 Å². The molecular formula is C22H12Cl4N2O. The maximum Gasteiger partial charge on any atom is 0.256 e. The van der Waals surface area contributed by atoms with Gasteiger partial charge in [0.1, 0.15) is 0 Å². The fraction of sp³-hybridized carbons (Fsp3) is 0. The van der Waals surface area contributed by atoms with Gasteiger partial charge in [-0.05, 0) is 36.4 Å². The molecule has 0 radical (unpaired) electrons. The molecule has 0 aliphatic heterocycles. The van der Waals surface area contributed by atoms with Crippen molar-refractivity contribution in [3.05, 3.63) is 92.4 Å². The number of halogens is 4. The van der Waals surface area contributed by atoms with E-state index in [1.807, 2.05) is 36.4 Å². The van der Waals surface area contributed by atoms with Crippen LogP contribution in [-0.2, 0) is 0 Å². The highest BCUT2D eigenvalue weighted by atomic mass is 35.5. The Hall–Kier alpha value is -2.30. The number of rotatable bonds is 3. The summed E-state index contributed by atoms with van der Waals surface area (Å²) >= 11 is 24.2. The van der Waals surface area contributed by atoms with Crippen LogP contribution in [0.15, 0.2) is 66.7 Å². The van der Waals surface area contributed by atoms with E-state index in [0.717, 1.165) is 10.9 Å². The Balaban J connectivity index is 1.80. The number of aromatic nitrogens is 1. The van der Waals surface area contributed by atoms with E-state index in [0.29, 0.717) is 42.6 Å². The third-order valence-electron chi connectivity index (χ3n) is 4.36. The second kappa shape index (κ2) is 8.21. The van der Waals surface area contributed by atoms with Gasteiger partial charge in [0, 0.05) is 16.0 Å². The van der Waals surface area contributed by atoms with E-state index in [2.05, 4.69) is 10.3 Å². The number of nitrogens with one attached hydrogen (secondary N) is 1. The third-order valence-corrected chi connectivity index (χ3v) is 5.65. The van der Waals surface area contributed by atoms with Crippen molar-refractivity contribution in [3.63, 3.8) is 0 Å². The van der Waals surface area contributed by atoms with Crippen molar-refractivity contribution in [3.8, 4) is 11.3 Å². The number of hydrogen-bond acceptors (Lipinski definition) is 2. The predicted molar refractivity (Wildman–Crippen MR) is 122 cm³/mol. The molecule has 0 fully saturated rings. The van der Waals surface area contributed by atoms with Crippen molar-refractivity contribution in [2.24, 2.45) is 0 Å². The summed E-state index contributed by atoms with van der Waals surface area (Å²) in [5.74, 6) is -0.334. The lowest BCUT2D eigenvalue weighted by molar-refractivity contribution is 0.102. The Kier molecular flexibility index (Phi) is 5.66. The first-order valence-electron chi connectivity index (χ1n) is 8.54. The van der Waals surface area contributed by atoms with Crippen molar-refractivity contribution < 1.29 is 4.79 Å². The van der Waals surface area contributed by atoms with Gasteiger partial charge >= 0.3 is 0 Å². The van der Waals surface area contributed by atoms with Gasteiger partial charge in [0.05, 0.1) is 37.5 Å². The monoisotopic (exact) mass is 460 g/mol. The quantitative estimate of drug-likeness (QED) is 0.316. The van der Waals surface area contributed by atoms with Gasteiger partial charge in [-0.25, -0.2) is 4.98 Å². The van der Waals surface area contributed by atoms with E-state index in [1.54, 1.807) is 18.2 Å². The summed E-state index contributed by atoms with van der Waals surface area (Å²) in [7, 11) is 0. The van der Waals surface area contributed by atoms with Gasteiger partial charge in [-0.1, -0.05) is 76.7 Å². The maximum atomic E-state index is 13.1. The molecule has 1 N–H and O–H groups in total. The lowest BCUT2D eigenvalue weighted by Crippen LogP contribution is -2.13. The summed E-state index contributed by atoms with van der Waals surface area (Å²) in [6.45, 7) is 0. The maximum absolute atomic E-state index is 13.1. The smallest absolute Gasteiger partial charge is 0.256 e. The lowest BCUT2D eigenvalue weighted by atomic mass is 10.0. The minimum Gasteiger partial charge on any atom is -0.321 e. The van der Waals surface area contributed by atoms with E-state index >= 15 is 0 Å². The summed E-state index contributed by atoms with van der Waals surface area (Å²) in [6, 6.07) is 19.5. The molecule has 4 rings (SSSR count). The van der Waals surface area contributed by atoms with Gasteiger partial charge in [0.25, 0.3) is 5.91 Å². The fourth-order valence-corrected chi connectivity index (χ4v) is 3.66. The largest absolute Gasteiger partial charge is 0.321 e. The average Bonchev–Trinajstić information content (AvgIpc) is 2.71. The Morgan fingerprint density at radius 2 is 1.48 bits per heavy atom. The first-order chi connectivity index (χ1) is 13.9. The van der Waals surface area contributed by atoms with Crippen molar-refractivity contribution in [2.75, 3.05) is 5.32 Å². The minimum atomic E-state index is -0.334. The number of carbonyl (C=O) groups excluding carboxylic acids is 1. The number of pyridine rings is 1. The van der Waals surface area contributed by atoms with Crippen LogP contribution in [0.5, 0.6) is 0 Å². The second-order valence-electron chi connectivity index (χ2n) is 6.28. The first-order valence-corrected chi connectivity index (χ1v) is 10.0. The van der Waals surface area contributed by atoms with Crippen LogP contribution in [0.1, 0.15) is 10.4 Å². The van der Waals surface area contributed by atoms with Crippen molar-refractivity contribution in [1.82, 2.24) is 4.98 Å². The first kappa shape index (κ1) is 20.0. The van der Waals surface area contributed by atoms with Gasteiger partial charge in [-0.2, -0.15) is 0 Å². The normalized spacial score (nSPS) is 10.9. The number of carbonyl (C=O) groups is 1. The SMILES string of the molecule is O=C(Nc1cc(Cl)c(Cl)cc1Cl)c1cc(-c2ccc(Cl)cc2)nc2ccccc12. The van der Waals surface area contributed by atoms with Crippen molar-refractivity contribution >= 4 is 68.9 Å². The van der Waals surface area contributed by atoms with E-state index in [9.17, 15) is 4.79 Å². The number of nitrogens with zero attached hydrogens (tertiary/aromatic N) is 1. The Morgan fingerprint density at radius 3 is 2.24 bits per heavy atom. The number of hydrogen-bond donors (Lipinski definition) is 1. The standard InChI is InChI=1S/C22H12Cl4N2O/c23-13-7-5-12(6-8-13)20-9-15(14-3-1-2-4-19(14)27-20)22(29)28-21-11-17(25)16(24)10-18(21)26/h1-11H,(H,28,29). The Morgan fingerprint density at radius 1 is 0.793 bits per heavy atom. The van der Waals surface area contributed by atoms with E-state index in [4.69, 9.17) is 46.4 Å². The molecule has 0 spiro atoms. The number of amides is 1. The fourth-order valence-electron chi connectivity index (χ4n) is 2.94. The number of benzene rings is 3. The second-order valence-corrected chi connectivity index (χ2v) is 7.94. The predicted octanol–water partition coefficient (Wildman–Crippen LogP) is 7.77. The Bertz CT molecular complexity index is 1240. The molecule has 4 aromatic rings. The van der Waals surface area contributed by atoms with Crippen LogP contribution >= 0.6 is 46.4 Å². The molecule has 7 heteroatoms. The van der Waals surface area contributed by atoms with Gasteiger partial charge in [0.2, 0.25) is 0 Å². The lowest BCUT2D eigenvalue weighted by Gasteiger charge is -2.12. The number of fused-ring (bicyclic) bond motifs is 1. The van der Waals surface area contributed by atoms with Gasteiger partial charge in [0.15, 0.2) is 0 Å². The average molecular weight is 462 g/mol. The molecule has 1 heterocycles. The zero-order valence-electron chi connectivity index (χ0n) is 14.7. The van der Waals surface area contributed by atoms with Crippen LogP contribution < -0.4 is 5.32 Å². The Labute approximate surface area is 187 Å². The molecule has 144 valence electrons. The summed E-state index contributed by atoms with van der Waals surface area (Å²) in [5.41, 5.74) is 3.04. The summed E-state index contributed by atoms with van der Waals surface area (Å²) in [4.78, 5) is 17.8. The molecule has 0 aliphatic rings. The highest BCUT2D eigenvalue weighted by Gasteiger charge is 2.16. The molecule has 0 unspecified atom stereocenters. The molecule has 29 heavy (non-hydrogen) atoms. The zero-order valence-corrected chi connectivity index (χ0v) is 17.7. The van der Waals surface area contributed by atoms with E-state index < -0.39 is 0 Å². The summed E-state index contributed by atoms with van der Waals surface area (Å²) < 4.78 is 0. The van der Waals surface area contributed by atoms with Crippen LogP contribution in [0.4, 0.5) is 5.69 Å². The highest BCUT2D eigenvalue weighted by molar-refractivity contribution is 6.44. The minimum absolute atomic E-state index is 0.295. The molecule has 0 saturated carbocycles. The highest BCUT2D eigenvalue weighted by Crippen LogP contribution is 2.33. The number of anilines is 1. The molecule has 3 aromatic carbocycles. The summed E-state index contributed by atoms with van der Waals surface area (Å²) in [6.07, 6.45) is 0. The van der Waals surface area contributed by atoms with Crippen LogP contribution in [-0.4, -0.2) is 10.9 Å². The van der Waals surface area contributed by atoms with Crippen LogP contribution in [0.2, 0.25) is 20.1 Å². The third kappa shape index (κ3) is 4.19. The number of para-hydroxylation sites is 1. The zero-order chi connectivity index (χ0) is 20.5. The van der Waals surface area contributed by atoms with E-state index in [1.165, 1.54) is 12.1 Å². The molecule has 0 saturated heterocycles. The molecule has 0 bridgehead atoms. The molecular weight excluding hydrogens is 450 g/mol.